The van der Waals surface area contributed by atoms with Gasteiger partial charge in [-0.25, -0.2) is 13.6 Å². The summed E-state index contributed by atoms with van der Waals surface area (Å²) in [5.74, 6) is -4.00. The molecule has 148 valence electrons. The number of para-hydroxylation sites is 1. The highest BCUT2D eigenvalue weighted by atomic mass is 19.1. The number of carbonyl (C=O) groups excluding carboxylic acids is 2. The van der Waals surface area contributed by atoms with E-state index in [-0.39, 0.29) is 37.4 Å². The zero-order valence-electron chi connectivity index (χ0n) is 15.2. The Kier molecular flexibility index (Phi) is 7.20. The first-order valence-electron chi connectivity index (χ1n) is 8.66. The number of halogens is 2. The van der Waals surface area contributed by atoms with E-state index in [4.69, 9.17) is 0 Å². The van der Waals surface area contributed by atoms with E-state index in [2.05, 4.69) is 5.32 Å². The molecule has 28 heavy (non-hydrogen) atoms. The van der Waals surface area contributed by atoms with Gasteiger partial charge in [0.15, 0.2) is 0 Å². The summed E-state index contributed by atoms with van der Waals surface area (Å²) in [7, 11) is 0. The smallest absolute Gasteiger partial charge is 0.335 e. The molecule has 0 atom stereocenters. The van der Waals surface area contributed by atoms with E-state index in [0.29, 0.717) is 5.56 Å². The van der Waals surface area contributed by atoms with Crippen LogP contribution >= 0.6 is 0 Å². The fraction of sp³-hybridized carbons (Fsp3) is 0.250. The summed E-state index contributed by atoms with van der Waals surface area (Å²) in [6.45, 7) is 1.51. The molecule has 6 nitrogen and oxygen atoms in total. The molecule has 0 aliphatic heterocycles. The number of aryl methyl sites for hydroxylation is 1. The second-order valence-electron chi connectivity index (χ2n) is 6.02. The van der Waals surface area contributed by atoms with Gasteiger partial charge in [-0.3, -0.25) is 9.59 Å². The van der Waals surface area contributed by atoms with Crippen molar-refractivity contribution in [3.8, 4) is 0 Å². The number of amides is 2. The number of nitrogens with one attached hydrogen (secondary N) is 1. The normalized spacial score (nSPS) is 10.4. The average Bonchev–Trinajstić information content (AvgIpc) is 2.67. The zero-order valence-corrected chi connectivity index (χ0v) is 15.2. The quantitative estimate of drug-likeness (QED) is 0.725. The van der Waals surface area contributed by atoms with Crippen molar-refractivity contribution in [2.24, 2.45) is 0 Å². The van der Waals surface area contributed by atoms with Crippen LogP contribution in [0.5, 0.6) is 0 Å². The molecule has 0 heterocycles. The summed E-state index contributed by atoms with van der Waals surface area (Å²) in [6.07, 6.45) is 0.195. The number of carboxylic acid groups (broad SMARTS) is 1. The Balaban J connectivity index is 1.98. The molecule has 0 spiro atoms. The Hall–Kier alpha value is -3.29. The second kappa shape index (κ2) is 9.59. The minimum absolute atomic E-state index is 0.000523. The van der Waals surface area contributed by atoms with Gasteiger partial charge in [-0.15, -0.1) is 0 Å². The lowest BCUT2D eigenvalue weighted by Gasteiger charge is -2.20. The number of nitrogens with zero attached hydrogens (tertiary/aromatic N) is 1. The van der Waals surface area contributed by atoms with Crippen LogP contribution in [0.15, 0.2) is 42.5 Å². The maximum absolute atomic E-state index is 13.6. The average molecular weight is 390 g/mol. The van der Waals surface area contributed by atoms with Crippen LogP contribution < -0.4 is 5.32 Å². The third-order valence-corrected chi connectivity index (χ3v) is 4.15. The maximum Gasteiger partial charge on any atom is 0.335 e. The first kappa shape index (κ1) is 21.0. The third kappa shape index (κ3) is 5.35. The molecular formula is C20H20F2N2O4. The molecule has 2 N–H and O–H groups in total. The van der Waals surface area contributed by atoms with Crippen molar-refractivity contribution in [3.63, 3.8) is 0 Å². The van der Waals surface area contributed by atoms with Gasteiger partial charge >= 0.3 is 5.97 Å². The standard InChI is InChI=1S/C20H20F2N2O4/c1-2-24(12-17(25)23-19-15(21)8-5-9-16(19)22)18(26)11-10-13-6-3-4-7-14(13)20(27)28/h3-9H,2,10-12H2,1H3,(H,23,25)(H,27,28). The van der Waals surface area contributed by atoms with Crippen LogP contribution in [-0.4, -0.2) is 40.9 Å². The lowest BCUT2D eigenvalue weighted by atomic mass is 10.0. The molecule has 2 aromatic carbocycles. The molecule has 0 saturated heterocycles. The monoisotopic (exact) mass is 390 g/mol. The second-order valence-corrected chi connectivity index (χ2v) is 6.02. The molecule has 0 bridgehead atoms. The first-order chi connectivity index (χ1) is 13.3. The van der Waals surface area contributed by atoms with Crippen LogP contribution in [-0.2, 0) is 16.0 Å². The summed E-state index contributed by atoms with van der Waals surface area (Å²) in [4.78, 5) is 36.9. The largest absolute Gasteiger partial charge is 0.478 e. The van der Waals surface area contributed by atoms with Crippen LogP contribution in [0.4, 0.5) is 14.5 Å². The van der Waals surface area contributed by atoms with Crippen LogP contribution in [0.2, 0.25) is 0 Å². The predicted molar refractivity (Wildman–Crippen MR) is 99.0 cm³/mol. The summed E-state index contributed by atoms with van der Waals surface area (Å²) >= 11 is 0. The van der Waals surface area contributed by atoms with E-state index < -0.39 is 29.2 Å². The van der Waals surface area contributed by atoms with Crippen LogP contribution in [0.1, 0.15) is 29.3 Å². The van der Waals surface area contributed by atoms with Gasteiger partial charge in [-0.2, -0.15) is 0 Å². The van der Waals surface area contributed by atoms with Crippen LogP contribution in [0.25, 0.3) is 0 Å². The Morgan fingerprint density at radius 3 is 2.29 bits per heavy atom. The summed E-state index contributed by atoms with van der Waals surface area (Å²) in [6, 6.07) is 9.57. The SMILES string of the molecule is CCN(CC(=O)Nc1c(F)cccc1F)C(=O)CCc1ccccc1C(=O)O. The molecule has 0 aliphatic rings. The van der Waals surface area contributed by atoms with E-state index in [1.807, 2.05) is 0 Å². The van der Waals surface area contributed by atoms with E-state index in [9.17, 15) is 28.3 Å². The number of aromatic carboxylic acids is 1. The van der Waals surface area contributed by atoms with Crippen molar-refractivity contribution >= 4 is 23.5 Å². The summed E-state index contributed by atoms with van der Waals surface area (Å²) in [5.41, 5.74) is 0.0646. The minimum Gasteiger partial charge on any atom is -0.478 e. The van der Waals surface area contributed by atoms with Crippen molar-refractivity contribution in [2.45, 2.75) is 19.8 Å². The Morgan fingerprint density at radius 1 is 1.04 bits per heavy atom. The molecule has 0 saturated carbocycles. The number of likely N-dealkylation sites (N-methyl/N-ethyl adjacent to an activating group) is 1. The maximum atomic E-state index is 13.6. The number of carboxylic acids is 1. The van der Waals surface area contributed by atoms with Gasteiger partial charge < -0.3 is 15.3 Å². The highest BCUT2D eigenvalue weighted by Crippen LogP contribution is 2.18. The highest BCUT2D eigenvalue weighted by Gasteiger charge is 2.19. The zero-order chi connectivity index (χ0) is 20.7. The number of carbonyl (C=O) groups is 3. The predicted octanol–water partition coefficient (Wildman–Crippen LogP) is 3.08. The number of hydrogen-bond acceptors (Lipinski definition) is 3. The van der Waals surface area contributed by atoms with E-state index in [0.717, 1.165) is 12.1 Å². The van der Waals surface area contributed by atoms with Crippen LogP contribution in [0, 0.1) is 11.6 Å². The van der Waals surface area contributed by atoms with Crippen molar-refractivity contribution in [3.05, 3.63) is 65.2 Å². The molecule has 2 aromatic rings. The van der Waals surface area contributed by atoms with Gasteiger partial charge in [0.25, 0.3) is 0 Å². The fourth-order valence-electron chi connectivity index (χ4n) is 2.69. The lowest BCUT2D eigenvalue weighted by molar-refractivity contribution is -0.134. The number of benzene rings is 2. The molecule has 2 amide bonds. The van der Waals surface area contributed by atoms with Gasteiger partial charge in [-0.05, 0) is 37.1 Å². The highest BCUT2D eigenvalue weighted by molar-refractivity contribution is 5.95. The van der Waals surface area contributed by atoms with Crippen molar-refractivity contribution < 1.29 is 28.3 Å². The van der Waals surface area contributed by atoms with Gasteiger partial charge in [0.1, 0.15) is 17.3 Å². The third-order valence-electron chi connectivity index (χ3n) is 4.15. The van der Waals surface area contributed by atoms with E-state index in [1.165, 1.54) is 17.0 Å². The Labute approximate surface area is 160 Å². The summed E-state index contributed by atoms with van der Waals surface area (Å²) < 4.78 is 27.2. The van der Waals surface area contributed by atoms with Gasteiger partial charge in [0, 0.05) is 13.0 Å². The topological polar surface area (TPSA) is 86.7 Å². The van der Waals surface area contributed by atoms with E-state index in [1.54, 1.807) is 25.1 Å². The molecule has 0 unspecified atom stereocenters. The van der Waals surface area contributed by atoms with Crippen molar-refractivity contribution in [1.29, 1.82) is 0 Å². The van der Waals surface area contributed by atoms with Gasteiger partial charge in [0.2, 0.25) is 11.8 Å². The molecule has 0 aliphatic carbocycles. The molecule has 2 rings (SSSR count). The lowest BCUT2D eigenvalue weighted by Crippen LogP contribution is -2.38. The molecule has 0 radical (unpaired) electrons. The van der Waals surface area contributed by atoms with Gasteiger partial charge in [-0.1, -0.05) is 24.3 Å². The Morgan fingerprint density at radius 2 is 1.68 bits per heavy atom. The number of rotatable bonds is 8. The fourth-order valence-corrected chi connectivity index (χ4v) is 2.69. The molecular weight excluding hydrogens is 370 g/mol. The molecule has 0 fully saturated rings. The first-order valence-corrected chi connectivity index (χ1v) is 8.66. The number of hydrogen-bond donors (Lipinski definition) is 2. The van der Waals surface area contributed by atoms with Crippen LogP contribution in [0.3, 0.4) is 0 Å². The number of anilines is 1. The Bertz CT molecular complexity index is 866. The van der Waals surface area contributed by atoms with Crippen molar-refractivity contribution in [2.75, 3.05) is 18.4 Å². The molecule has 0 aromatic heterocycles. The van der Waals surface area contributed by atoms with Gasteiger partial charge in [0.05, 0.1) is 12.1 Å². The summed E-state index contributed by atoms with van der Waals surface area (Å²) in [5, 5.41) is 11.3. The van der Waals surface area contributed by atoms with Crippen molar-refractivity contribution in [1.82, 2.24) is 4.90 Å². The minimum atomic E-state index is -1.08. The van der Waals surface area contributed by atoms with E-state index >= 15 is 0 Å². The molecule has 8 heteroatoms.